The van der Waals surface area contributed by atoms with Gasteiger partial charge in [-0.25, -0.2) is 0 Å². The van der Waals surface area contributed by atoms with Gasteiger partial charge in [0, 0.05) is 29.3 Å². The van der Waals surface area contributed by atoms with Gasteiger partial charge < -0.3 is 29.5 Å². The van der Waals surface area contributed by atoms with E-state index in [0.717, 1.165) is 22.6 Å². The fourth-order valence-corrected chi connectivity index (χ4v) is 11.7. The summed E-state index contributed by atoms with van der Waals surface area (Å²) in [6, 6.07) is 30.7. The third-order valence-corrected chi connectivity index (χ3v) is 14.4. The number of hydrogen-bond donors (Lipinski definition) is 2. The fourth-order valence-electron chi connectivity index (χ4n) is 7.66. The summed E-state index contributed by atoms with van der Waals surface area (Å²) in [6.07, 6.45) is 0.0724. The fraction of sp³-hybridized carbons (Fsp3) is 0.316. The zero-order valence-electron chi connectivity index (χ0n) is 27.5. The molecule has 2 aliphatic heterocycles. The Hall–Kier alpha value is -4.44. The lowest BCUT2D eigenvalue weighted by molar-refractivity contribution is -0.146. The van der Waals surface area contributed by atoms with Gasteiger partial charge in [0.25, 0.3) is 11.8 Å². The largest absolute Gasteiger partial charge is 0.497 e. The van der Waals surface area contributed by atoms with Crippen LogP contribution in [0.2, 0.25) is 18.6 Å². The second-order valence-corrected chi connectivity index (χ2v) is 17.6. The lowest BCUT2D eigenvalue weighted by atomic mass is 9.82. The predicted octanol–water partition coefficient (Wildman–Crippen LogP) is 6.10. The maximum atomic E-state index is 14.9. The van der Waals surface area contributed by atoms with Crippen LogP contribution in [-0.2, 0) is 21.7 Å². The molecule has 0 bridgehead atoms. The standard InChI is InChI=1S/C38H42N2O6Si/c1-25-35(47(4,5)31-18-16-30(45-3)17-19-31)34(21-22-41)46-38(25)32-23-28(39-36(42)27-11-14-29(44-2)15-12-27)13-20-33(32)40(37(38)43)24-26-9-7-6-8-10-26/h6-20,23,25,34-35,41H,21-22,24H2,1-5H3,(H,39,42)/t25-,34+,35-,38+/m0/s1. The monoisotopic (exact) mass is 650 g/mol. The van der Waals surface area contributed by atoms with Crippen LogP contribution in [-0.4, -0.2) is 51.9 Å². The Bertz CT molecular complexity index is 1740. The van der Waals surface area contributed by atoms with Crippen molar-refractivity contribution in [3.05, 3.63) is 114 Å². The first-order chi connectivity index (χ1) is 22.6. The van der Waals surface area contributed by atoms with Crippen LogP contribution in [0.5, 0.6) is 11.5 Å². The molecule has 1 spiro atoms. The van der Waals surface area contributed by atoms with Crippen LogP contribution in [0.15, 0.2) is 97.1 Å². The van der Waals surface area contributed by atoms with E-state index < -0.39 is 13.7 Å². The molecule has 0 unspecified atom stereocenters. The topological polar surface area (TPSA) is 97.3 Å². The number of rotatable bonds is 10. The summed E-state index contributed by atoms with van der Waals surface area (Å²) in [5, 5.41) is 14.5. The van der Waals surface area contributed by atoms with E-state index in [-0.39, 0.29) is 36.0 Å². The zero-order valence-corrected chi connectivity index (χ0v) is 28.5. The van der Waals surface area contributed by atoms with Gasteiger partial charge in [0.2, 0.25) is 0 Å². The Morgan fingerprint density at radius 1 is 0.936 bits per heavy atom. The average Bonchev–Trinajstić information content (AvgIpc) is 3.51. The van der Waals surface area contributed by atoms with Crippen molar-refractivity contribution in [2.45, 2.75) is 50.2 Å². The lowest BCUT2D eigenvalue weighted by Gasteiger charge is -2.37. The Balaban J connectivity index is 1.43. The van der Waals surface area contributed by atoms with E-state index in [1.807, 2.05) is 65.6 Å². The van der Waals surface area contributed by atoms with E-state index >= 15 is 0 Å². The van der Waals surface area contributed by atoms with Crippen LogP contribution in [0.25, 0.3) is 0 Å². The second kappa shape index (κ2) is 13.0. The van der Waals surface area contributed by atoms with Crippen LogP contribution < -0.4 is 24.9 Å². The molecule has 2 N–H and O–H groups in total. The van der Waals surface area contributed by atoms with Gasteiger partial charge in [0.1, 0.15) is 11.5 Å². The van der Waals surface area contributed by atoms with Crippen molar-refractivity contribution in [2.75, 3.05) is 31.0 Å². The summed E-state index contributed by atoms with van der Waals surface area (Å²) in [4.78, 5) is 30.0. The molecule has 8 nitrogen and oxygen atoms in total. The highest BCUT2D eigenvalue weighted by Gasteiger charge is 2.66. The van der Waals surface area contributed by atoms with E-state index in [4.69, 9.17) is 14.2 Å². The number of amides is 2. The average molecular weight is 651 g/mol. The van der Waals surface area contributed by atoms with Gasteiger partial charge in [-0.1, -0.05) is 67.7 Å². The summed E-state index contributed by atoms with van der Waals surface area (Å²) in [5.41, 5.74) is 2.29. The molecule has 244 valence electrons. The number of benzene rings is 4. The molecule has 0 aliphatic carbocycles. The molecule has 4 aromatic carbocycles. The molecule has 1 saturated heterocycles. The molecule has 9 heteroatoms. The summed E-state index contributed by atoms with van der Waals surface area (Å²) < 4.78 is 17.7. The van der Waals surface area contributed by atoms with Crippen LogP contribution >= 0.6 is 0 Å². The predicted molar refractivity (Wildman–Crippen MR) is 186 cm³/mol. The van der Waals surface area contributed by atoms with Crippen molar-refractivity contribution < 1.29 is 28.9 Å². The van der Waals surface area contributed by atoms with E-state index in [9.17, 15) is 14.7 Å². The van der Waals surface area contributed by atoms with E-state index in [0.29, 0.717) is 30.0 Å². The zero-order chi connectivity index (χ0) is 33.3. The summed E-state index contributed by atoms with van der Waals surface area (Å²) in [6.45, 7) is 7.09. The smallest absolute Gasteiger partial charge is 0.264 e. The van der Waals surface area contributed by atoms with Gasteiger partial charge in [-0.2, -0.15) is 0 Å². The second-order valence-electron chi connectivity index (χ2n) is 13.0. The molecule has 2 amide bonds. The Labute approximate surface area is 277 Å². The molecule has 4 aromatic rings. The highest BCUT2D eigenvalue weighted by atomic mass is 28.3. The van der Waals surface area contributed by atoms with Crippen molar-refractivity contribution in [1.29, 1.82) is 0 Å². The number of hydrogen-bond acceptors (Lipinski definition) is 6. The van der Waals surface area contributed by atoms with E-state index in [2.05, 4.69) is 37.5 Å². The quantitative estimate of drug-likeness (QED) is 0.201. The third kappa shape index (κ3) is 5.73. The van der Waals surface area contributed by atoms with Crippen molar-refractivity contribution in [1.82, 2.24) is 0 Å². The molecule has 0 saturated carbocycles. The molecule has 1 fully saturated rings. The summed E-state index contributed by atoms with van der Waals surface area (Å²) in [5.74, 6) is 0.850. The molecule has 2 aliphatic rings. The number of carbonyl (C=O) groups excluding carboxylic acids is 2. The van der Waals surface area contributed by atoms with E-state index in [1.54, 1.807) is 38.5 Å². The minimum atomic E-state index is -2.32. The van der Waals surface area contributed by atoms with Gasteiger partial charge in [-0.05, 0) is 72.1 Å². The molecule has 0 aromatic heterocycles. The van der Waals surface area contributed by atoms with Crippen molar-refractivity contribution >= 4 is 36.4 Å². The number of nitrogens with one attached hydrogen (secondary N) is 1. The molecule has 2 heterocycles. The number of carbonyl (C=O) groups is 2. The highest BCUT2D eigenvalue weighted by Crippen LogP contribution is 2.60. The number of fused-ring (bicyclic) bond motifs is 2. The van der Waals surface area contributed by atoms with Crippen LogP contribution in [0.4, 0.5) is 11.4 Å². The first-order valence-electron chi connectivity index (χ1n) is 16.0. The normalized spacial score (nSPS) is 22.0. The highest BCUT2D eigenvalue weighted by molar-refractivity contribution is 6.91. The maximum Gasteiger partial charge on any atom is 0.264 e. The molecular weight excluding hydrogens is 609 g/mol. The van der Waals surface area contributed by atoms with Crippen LogP contribution in [0.1, 0.15) is 34.8 Å². The van der Waals surface area contributed by atoms with Gasteiger partial charge >= 0.3 is 0 Å². The molecular formula is C38H42N2O6Si. The van der Waals surface area contributed by atoms with Crippen LogP contribution in [0.3, 0.4) is 0 Å². The SMILES string of the molecule is COc1ccc(C(=O)Nc2ccc3c(c2)[C@@]2(O[C@H](CCO)[C@@H]([Si](C)(C)c4ccc(OC)cc4)[C@@H]2C)C(=O)N3Cc2ccccc2)cc1. The Morgan fingerprint density at radius 2 is 1.57 bits per heavy atom. The third-order valence-electron chi connectivity index (χ3n) is 10.0. The van der Waals surface area contributed by atoms with Crippen molar-refractivity contribution in [3.63, 3.8) is 0 Å². The Morgan fingerprint density at radius 3 is 2.19 bits per heavy atom. The van der Waals surface area contributed by atoms with Gasteiger partial charge in [0.15, 0.2) is 5.60 Å². The van der Waals surface area contributed by atoms with Crippen LogP contribution in [0, 0.1) is 5.92 Å². The number of ether oxygens (including phenoxy) is 3. The minimum Gasteiger partial charge on any atom is -0.497 e. The molecule has 6 rings (SSSR count). The number of nitrogens with zero attached hydrogens (tertiary/aromatic N) is 1. The number of methoxy groups -OCH3 is 2. The van der Waals surface area contributed by atoms with Gasteiger partial charge in [0.05, 0.1) is 40.6 Å². The summed E-state index contributed by atoms with van der Waals surface area (Å²) in [7, 11) is 0.920. The Kier molecular flexibility index (Phi) is 8.98. The molecule has 47 heavy (non-hydrogen) atoms. The first kappa shape index (κ1) is 32.5. The number of anilines is 2. The first-order valence-corrected chi connectivity index (χ1v) is 19.1. The van der Waals surface area contributed by atoms with E-state index in [1.165, 1.54) is 5.19 Å². The van der Waals surface area contributed by atoms with Gasteiger partial charge in [-0.3, -0.25) is 9.59 Å². The van der Waals surface area contributed by atoms with Crippen molar-refractivity contribution in [2.24, 2.45) is 5.92 Å². The molecule has 0 radical (unpaired) electrons. The maximum absolute atomic E-state index is 14.9. The summed E-state index contributed by atoms with van der Waals surface area (Å²) >= 11 is 0. The molecule has 4 atom stereocenters. The number of aliphatic hydroxyl groups is 1. The lowest BCUT2D eigenvalue weighted by Crippen LogP contribution is -2.51. The number of aliphatic hydroxyl groups excluding tert-OH is 1. The minimum absolute atomic E-state index is 0.00839. The van der Waals surface area contributed by atoms with Gasteiger partial charge in [-0.15, -0.1) is 0 Å². The van der Waals surface area contributed by atoms with Crippen molar-refractivity contribution in [3.8, 4) is 11.5 Å².